The number of rotatable bonds is 18. The Morgan fingerprint density at radius 3 is 1.66 bits per heavy atom. The normalized spacial score (nSPS) is 12.9. The van der Waals surface area contributed by atoms with Crippen molar-refractivity contribution in [3.8, 4) is 0 Å². The van der Waals surface area contributed by atoms with E-state index < -0.39 is 76.7 Å². The van der Waals surface area contributed by atoms with Gasteiger partial charge >= 0.3 is 18.0 Å². The van der Waals surface area contributed by atoms with Gasteiger partial charge in [-0.1, -0.05) is 91.0 Å². The molecule has 15 nitrogen and oxygen atoms in total. The summed E-state index contributed by atoms with van der Waals surface area (Å²) in [5.74, 6) is -3.58. The number of alkyl carbamates (subject to hydrolysis) is 1. The summed E-state index contributed by atoms with van der Waals surface area (Å²) in [4.78, 5) is 84.0. The molecule has 3 aromatic carbocycles. The van der Waals surface area contributed by atoms with Gasteiger partial charge in [-0.15, -0.1) is 0 Å². The van der Waals surface area contributed by atoms with Crippen LogP contribution in [0.2, 0.25) is 0 Å². The summed E-state index contributed by atoms with van der Waals surface area (Å²) < 4.78 is 17.8. The molecule has 4 aromatic rings. The van der Waals surface area contributed by atoms with Gasteiger partial charge in [0.05, 0.1) is 18.6 Å². The van der Waals surface area contributed by atoms with E-state index in [0.29, 0.717) is 5.69 Å². The Bertz CT molecular complexity index is 2050. The number of aromatic nitrogens is 2. The van der Waals surface area contributed by atoms with E-state index in [1.165, 1.54) is 13.8 Å². The molecule has 0 spiro atoms. The first-order valence-electron chi connectivity index (χ1n) is 20.6. The third-order valence-electron chi connectivity index (χ3n) is 9.41. The number of ether oxygens (including phenoxy) is 3. The first kappa shape index (κ1) is 48.2. The molecule has 0 saturated heterocycles. The maximum atomic E-state index is 14.3. The summed E-state index contributed by atoms with van der Waals surface area (Å²) in [6, 6.07) is 27.3. The topological polar surface area (TPSA) is 196 Å². The molecule has 0 saturated carbocycles. The molecule has 1 aromatic heterocycles. The summed E-state index contributed by atoms with van der Waals surface area (Å²) in [6.45, 7) is 14.3. The minimum atomic E-state index is -1.68. The van der Waals surface area contributed by atoms with Crippen molar-refractivity contribution in [1.29, 1.82) is 0 Å². The molecule has 0 bridgehead atoms. The van der Waals surface area contributed by atoms with Crippen molar-refractivity contribution >= 4 is 35.8 Å². The van der Waals surface area contributed by atoms with Crippen LogP contribution in [0.25, 0.3) is 0 Å². The molecule has 0 aliphatic heterocycles. The van der Waals surface area contributed by atoms with E-state index in [2.05, 4.69) is 21.3 Å². The Morgan fingerprint density at radius 2 is 1.18 bits per heavy atom. The average Bonchev–Trinajstić information content (AvgIpc) is 3.66. The zero-order chi connectivity index (χ0) is 45.7. The fraction of sp³-hybridized carbons (Fsp3) is 0.426. The number of amides is 4. The number of carbonyl (C=O) groups excluding carboxylic acids is 6. The maximum absolute atomic E-state index is 14.3. The van der Waals surface area contributed by atoms with Crippen LogP contribution in [-0.2, 0) is 50.1 Å². The molecular weight excluding hydrogens is 793 g/mol. The van der Waals surface area contributed by atoms with Crippen molar-refractivity contribution in [3.05, 3.63) is 126 Å². The van der Waals surface area contributed by atoms with Gasteiger partial charge in [0.25, 0.3) is 0 Å². The number of hydrogen-bond donors (Lipinski definition) is 4. The van der Waals surface area contributed by atoms with Gasteiger partial charge in [-0.2, -0.15) is 0 Å². The third-order valence-corrected chi connectivity index (χ3v) is 9.41. The highest BCUT2D eigenvalue weighted by atomic mass is 16.6. The summed E-state index contributed by atoms with van der Waals surface area (Å²) in [5, 5.41) is 10.4. The summed E-state index contributed by atoms with van der Waals surface area (Å²) in [5.41, 5.74) is -0.957. The number of nitrogens with one attached hydrogen (secondary N) is 4. The lowest BCUT2D eigenvalue weighted by molar-refractivity contribution is -0.155. The van der Waals surface area contributed by atoms with Crippen LogP contribution in [0.1, 0.15) is 97.5 Å². The highest BCUT2D eigenvalue weighted by Gasteiger charge is 2.40. The van der Waals surface area contributed by atoms with Gasteiger partial charge < -0.3 is 40.0 Å². The van der Waals surface area contributed by atoms with E-state index in [4.69, 9.17) is 19.2 Å². The minimum absolute atomic E-state index is 0.100. The number of hydrogen-bond acceptors (Lipinski definition) is 10. The molecule has 0 aliphatic rings. The number of esters is 2. The number of benzene rings is 3. The van der Waals surface area contributed by atoms with Crippen molar-refractivity contribution in [2.75, 3.05) is 13.2 Å². The van der Waals surface area contributed by atoms with Gasteiger partial charge in [0.1, 0.15) is 40.9 Å². The van der Waals surface area contributed by atoms with Crippen molar-refractivity contribution < 1.29 is 43.0 Å². The zero-order valence-corrected chi connectivity index (χ0v) is 37.1. The predicted octanol–water partition coefficient (Wildman–Crippen LogP) is 5.34. The van der Waals surface area contributed by atoms with Crippen LogP contribution in [0.15, 0.2) is 104 Å². The van der Waals surface area contributed by atoms with Crippen LogP contribution in [0.4, 0.5) is 4.79 Å². The van der Waals surface area contributed by atoms with Crippen LogP contribution in [0, 0.1) is 0 Å². The molecule has 4 rings (SSSR count). The van der Waals surface area contributed by atoms with Gasteiger partial charge in [0.15, 0.2) is 0 Å². The second-order valence-electron chi connectivity index (χ2n) is 17.3. The second kappa shape index (κ2) is 20.8. The van der Waals surface area contributed by atoms with Crippen LogP contribution in [-0.4, -0.2) is 87.3 Å². The fourth-order valence-electron chi connectivity index (χ4n) is 6.71. The van der Waals surface area contributed by atoms with Crippen LogP contribution < -0.4 is 21.3 Å². The molecular formula is C47H60N6O9. The molecule has 1 unspecified atom stereocenters. The third kappa shape index (κ3) is 13.5. The van der Waals surface area contributed by atoms with Gasteiger partial charge in [-0.25, -0.2) is 9.78 Å². The van der Waals surface area contributed by atoms with E-state index in [9.17, 15) is 28.8 Å². The Hall–Kier alpha value is -6.51. The highest BCUT2D eigenvalue weighted by molar-refractivity contribution is 5.96. The molecule has 0 fully saturated rings. The quantitative estimate of drug-likeness (QED) is 0.0577. The molecule has 2 atom stereocenters. The van der Waals surface area contributed by atoms with E-state index in [-0.39, 0.29) is 25.9 Å². The monoisotopic (exact) mass is 852 g/mol. The lowest BCUT2D eigenvalue weighted by atomic mass is 9.77. The first-order valence-corrected chi connectivity index (χ1v) is 20.6. The lowest BCUT2D eigenvalue weighted by Crippen LogP contribution is -2.62. The maximum Gasteiger partial charge on any atom is 0.408 e. The summed E-state index contributed by atoms with van der Waals surface area (Å²) in [6.07, 6.45) is 2.11. The standard InChI is InChI=1S/C47H60N6O9/c1-10-60-39(55)29-48-40(56)36(26-27-38(54)61-44(2,3)4)50-42(58)46(8,9)52-41(57)37(51-43(59)62-45(5,6)7)28-35-30-53(31-49-35)47(32-20-14-11-15-21-32,33-22-16-12-17-23-33)34-24-18-13-19-25-34/h11-25,30-31,36-37H,10,26-29H2,1-9H3,(H,48,56)(H,50,58)(H,51,59)(H,52,57)/t36?,37-/m0/s1. The molecule has 0 aliphatic carbocycles. The second-order valence-corrected chi connectivity index (χ2v) is 17.3. The van der Waals surface area contributed by atoms with Crippen molar-refractivity contribution in [2.45, 2.75) is 116 Å². The van der Waals surface area contributed by atoms with Gasteiger partial charge in [0, 0.05) is 19.0 Å². The number of nitrogens with zero attached hydrogens (tertiary/aromatic N) is 2. The van der Waals surface area contributed by atoms with Crippen LogP contribution in [0.5, 0.6) is 0 Å². The predicted molar refractivity (Wildman–Crippen MR) is 233 cm³/mol. The van der Waals surface area contributed by atoms with Gasteiger partial charge in [-0.05, 0) is 85.4 Å². The van der Waals surface area contributed by atoms with Gasteiger partial charge in [0.2, 0.25) is 17.7 Å². The van der Waals surface area contributed by atoms with E-state index in [1.807, 2.05) is 102 Å². The molecule has 4 N–H and O–H groups in total. The van der Waals surface area contributed by atoms with Crippen molar-refractivity contribution in [2.24, 2.45) is 0 Å². The fourth-order valence-corrected chi connectivity index (χ4v) is 6.71. The molecule has 0 radical (unpaired) electrons. The smallest absolute Gasteiger partial charge is 0.408 e. The highest BCUT2D eigenvalue weighted by Crippen LogP contribution is 2.40. The Morgan fingerprint density at radius 1 is 0.661 bits per heavy atom. The first-order chi connectivity index (χ1) is 29.1. The SMILES string of the molecule is CCOC(=O)CNC(=O)C(CCC(=O)OC(C)(C)C)NC(=O)C(C)(C)NC(=O)[C@H](Cc1cn(C(c2ccccc2)(c2ccccc2)c2ccccc2)cn1)NC(=O)OC(C)(C)C. The molecule has 1 heterocycles. The molecule has 15 heteroatoms. The molecule has 4 amide bonds. The van der Waals surface area contributed by atoms with Crippen molar-refractivity contribution in [3.63, 3.8) is 0 Å². The Kier molecular flexibility index (Phi) is 16.2. The largest absolute Gasteiger partial charge is 0.465 e. The lowest BCUT2D eigenvalue weighted by Gasteiger charge is -2.37. The average molecular weight is 853 g/mol. The number of imidazole rings is 1. The summed E-state index contributed by atoms with van der Waals surface area (Å²) in [7, 11) is 0. The summed E-state index contributed by atoms with van der Waals surface area (Å²) >= 11 is 0. The number of carbonyl (C=O) groups is 6. The molecule has 332 valence electrons. The van der Waals surface area contributed by atoms with Crippen molar-refractivity contribution in [1.82, 2.24) is 30.8 Å². The van der Waals surface area contributed by atoms with E-state index in [0.717, 1.165) is 16.7 Å². The van der Waals surface area contributed by atoms with E-state index >= 15 is 0 Å². The van der Waals surface area contributed by atoms with Gasteiger partial charge in [-0.3, -0.25) is 24.0 Å². The zero-order valence-electron chi connectivity index (χ0n) is 37.1. The Labute approximate surface area is 363 Å². The molecule has 62 heavy (non-hydrogen) atoms. The Balaban J connectivity index is 1.65. The van der Waals surface area contributed by atoms with Crippen LogP contribution >= 0.6 is 0 Å². The van der Waals surface area contributed by atoms with Crippen LogP contribution in [0.3, 0.4) is 0 Å². The van der Waals surface area contributed by atoms with E-state index in [1.54, 1.807) is 54.8 Å². The minimum Gasteiger partial charge on any atom is -0.465 e.